The normalized spacial score (nSPS) is 30.9. The minimum Gasteiger partial charge on any atom is -0.423 e. The first-order chi connectivity index (χ1) is 17.0. The highest BCUT2D eigenvalue weighted by Gasteiger charge is 2.43. The Bertz CT molecular complexity index is 858. The summed E-state index contributed by atoms with van der Waals surface area (Å²) < 4.78 is 34.6. The first-order valence-corrected chi connectivity index (χ1v) is 14.3. The van der Waals surface area contributed by atoms with Gasteiger partial charge in [-0.25, -0.2) is 4.39 Å². The molecule has 3 aliphatic carbocycles. The van der Waals surface area contributed by atoms with Crippen molar-refractivity contribution in [2.75, 3.05) is 0 Å². The first-order valence-electron chi connectivity index (χ1n) is 14.3. The van der Waals surface area contributed by atoms with Crippen LogP contribution in [0.1, 0.15) is 102 Å². The monoisotopic (exact) mass is 486 g/mol. The van der Waals surface area contributed by atoms with Gasteiger partial charge in [0.15, 0.2) is 11.6 Å². The summed E-state index contributed by atoms with van der Waals surface area (Å²) >= 11 is 0. The van der Waals surface area contributed by atoms with Gasteiger partial charge in [0.1, 0.15) is 0 Å². The van der Waals surface area contributed by atoms with Gasteiger partial charge in [-0.05, 0) is 92.6 Å². The second-order valence-corrected chi connectivity index (χ2v) is 11.6. The molecule has 4 heteroatoms. The topological polar surface area (TPSA) is 26.3 Å². The molecule has 4 rings (SSSR count). The molecule has 0 spiro atoms. The average Bonchev–Trinajstić information content (AvgIpc) is 2.89. The van der Waals surface area contributed by atoms with Crippen LogP contribution in [0.15, 0.2) is 24.8 Å². The van der Waals surface area contributed by atoms with E-state index in [0.29, 0.717) is 24.7 Å². The van der Waals surface area contributed by atoms with Crippen molar-refractivity contribution in [1.82, 2.24) is 0 Å². The van der Waals surface area contributed by atoms with Crippen LogP contribution in [0.25, 0.3) is 0 Å². The highest BCUT2D eigenvalue weighted by molar-refractivity contribution is 5.75. The van der Waals surface area contributed by atoms with Crippen molar-refractivity contribution in [3.05, 3.63) is 42.0 Å². The minimum absolute atomic E-state index is 0.192. The van der Waals surface area contributed by atoms with Crippen molar-refractivity contribution >= 4 is 5.97 Å². The molecule has 3 saturated carbocycles. The van der Waals surface area contributed by atoms with Gasteiger partial charge in [-0.1, -0.05) is 64.0 Å². The summed E-state index contributed by atoms with van der Waals surface area (Å²) in [6, 6.07) is 2.93. The third-order valence-corrected chi connectivity index (χ3v) is 9.47. The lowest BCUT2D eigenvalue weighted by Crippen LogP contribution is -2.40. The number of hydrogen-bond acceptors (Lipinski definition) is 2. The predicted molar refractivity (Wildman–Crippen MR) is 137 cm³/mol. The van der Waals surface area contributed by atoms with E-state index >= 15 is 0 Å². The zero-order chi connectivity index (χ0) is 24.8. The molecule has 0 radical (unpaired) electrons. The molecular formula is C31H44F2O2. The number of fused-ring (bicyclic) bond motifs is 1. The Morgan fingerprint density at radius 3 is 2.51 bits per heavy atom. The third-order valence-electron chi connectivity index (χ3n) is 9.47. The van der Waals surface area contributed by atoms with Crippen LogP contribution >= 0.6 is 0 Å². The van der Waals surface area contributed by atoms with Gasteiger partial charge >= 0.3 is 5.97 Å². The van der Waals surface area contributed by atoms with Crippen molar-refractivity contribution in [1.29, 1.82) is 0 Å². The van der Waals surface area contributed by atoms with E-state index in [4.69, 9.17) is 4.74 Å². The standard InChI is InChI=1S/C31H44F2O2/c1-3-5-8-21-12-14-22(15-13-21)24-16-18-26-25(20-24)10-7-11-27(26)31(34)35-28-19-17-23(9-6-4-2)29(32)30(28)33/h4,17,19,21-22,24-27H,2-3,5-16,18,20H2,1H3. The number of rotatable bonds is 9. The summed E-state index contributed by atoms with van der Waals surface area (Å²) in [5, 5.41) is 0. The first kappa shape index (κ1) is 26.4. The third kappa shape index (κ3) is 6.35. The smallest absolute Gasteiger partial charge is 0.314 e. The number of esters is 1. The van der Waals surface area contributed by atoms with Crippen LogP contribution in [-0.4, -0.2) is 5.97 Å². The van der Waals surface area contributed by atoms with Gasteiger partial charge in [-0.3, -0.25) is 4.79 Å². The van der Waals surface area contributed by atoms with E-state index in [0.717, 1.165) is 37.0 Å². The number of allylic oxidation sites excluding steroid dienone is 1. The Kier molecular flexibility index (Phi) is 9.41. The maximum Gasteiger partial charge on any atom is 0.314 e. The molecule has 0 aromatic heterocycles. The summed E-state index contributed by atoms with van der Waals surface area (Å²) in [5.41, 5.74) is 0.289. The van der Waals surface area contributed by atoms with Crippen molar-refractivity contribution in [3.8, 4) is 5.75 Å². The minimum atomic E-state index is -1.05. The van der Waals surface area contributed by atoms with Crippen molar-refractivity contribution < 1.29 is 18.3 Å². The van der Waals surface area contributed by atoms with E-state index in [1.54, 1.807) is 6.08 Å². The molecule has 3 fully saturated rings. The van der Waals surface area contributed by atoms with Crippen LogP contribution in [0.3, 0.4) is 0 Å². The fourth-order valence-electron chi connectivity index (χ4n) is 7.45. The van der Waals surface area contributed by atoms with Gasteiger partial charge in [-0.15, -0.1) is 6.58 Å². The van der Waals surface area contributed by atoms with E-state index in [2.05, 4.69) is 13.5 Å². The van der Waals surface area contributed by atoms with E-state index < -0.39 is 11.6 Å². The average molecular weight is 487 g/mol. The van der Waals surface area contributed by atoms with Crippen LogP contribution in [0, 0.1) is 47.1 Å². The largest absolute Gasteiger partial charge is 0.423 e. The molecule has 35 heavy (non-hydrogen) atoms. The molecule has 4 unspecified atom stereocenters. The Morgan fingerprint density at radius 2 is 1.77 bits per heavy atom. The van der Waals surface area contributed by atoms with Gasteiger partial charge in [-0.2, -0.15) is 4.39 Å². The predicted octanol–water partition coefficient (Wildman–Crippen LogP) is 8.82. The molecule has 3 aliphatic rings. The van der Waals surface area contributed by atoms with Gasteiger partial charge in [0.25, 0.3) is 0 Å². The number of hydrogen-bond donors (Lipinski definition) is 0. The lowest BCUT2D eigenvalue weighted by atomic mass is 9.59. The van der Waals surface area contributed by atoms with E-state index in [9.17, 15) is 13.6 Å². The molecular weight excluding hydrogens is 442 g/mol. The van der Waals surface area contributed by atoms with Crippen LogP contribution in [0.2, 0.25) is 0 Å². The highest BCUT2D eigenvalue weighted by atomic mass is 19.2. The van der Waals surface area contributed by atoms with Crippen LogP contribution in [0.5, 0.6) is 5.75 Å². The quantitative estimate of drug-likeness (QED) is 0.198. The number of benzene rings is 1. The van der Waals surface area contributed by atoms with Gasteiger partial charge in [0.2, 0.25) is 5.82 Å². The Labute approximate surface area is 210 Å². The Morgan fingerprint density at radius 1 is 1.00 bits per heavy atom. The van der Waals surface area contributed by atoms with E-state index in [1.165, 1.54) is 76.3 Å². The number of unbranched alkanes of at least 4 members (excludes halogenated alkanes) is 1. The second-order valence-electron chi connectivity index (χ2n) is 11.6. The maximum absolute atomic E-state index is 14.6. The Balaban J connectivity index is 1.33. The van der Waals surface area contributed by atoms with Gasteiger partial charge in [0.05, 0.1) is 5.92 Å². The number of carbonyl (C=O) groups excluding carboxylic acids is 1. The molecule has 0 bridgehead atoms. The summed E-state index contributed by atoms with van der Waals surface area (Å²) in [5.74, 6) is 0.700. The summed E-state index contributed by atoms with van der Waals surface area (Å²) in [6.07, 6.45) is 18.8. The van der Waals surface area contributed by atoms with Crippen LogP contribution < -0.4 is 4.74 Å². The maximum atomic E-state index is 14.6. The molecule has 1 aromatic carbocycles. The van der Waals surface area contributed by atoms with Crippen LogP contribution in [0.4, 0.5) is 8.78 Å². The zero-order valence-corrected chi connectivity index (χ0v) is 21.6. The van der Waals surface area contributed by atoms with Gasteiger partial charge in [0, 0.05) is 0 Å². The van der Waals surface area contributed by atoms with E-state index in [-0.39, 0.29) is 23.2 Å². The molecule has 4 atom stereocenters. The molecule has 0 N–H and O–H groups in total. The SMILES string of the molecule is C=CCCc1ccc(OC(=O)C2CCCC3CC(C4CCC(CCCC)CC4)CCC32)c(F)c1F. The summed E-state index contributed by atoms with van der Waals surface area (Å²) in [7, 11) is 0. The lowest BCUT2D eigenvalue weighted by Gasteiger charge is -2.46. The number of ether oxygens (including phenoxy) is 1. The van der Waals surface area contributed by atoms with Crippen LogP contribution in [-0.2, 0) is 11.2 Å². The zero-order valence-electron chi connectivity index (χ0n) is 21.6. The molecule has 0 heterocycles. The molecule has 0 saturated heterocycles. The molecule has 0 amide bonds. The number of carbonyl (C=O) groups is 1. The van der Waals surface area contributed by atoms with Crippen molar-refractivity contribution in [3.63, 3.8) is 0 Å². The molecule has 0 aliphatic heterocycles. The Hall–Kier alpha value is -1.71. The highest BCUT2D eigenvalue weighted by Crippen LogP contribution is 2.50. The van der Waals surface area contributed by atoms with E-state index in [1.807, 2.05) is 0 Å². The summed E-state index contributed by atoms with van der Waals surface area (Å²) in [6.45, 7) is 5.91. The van der Waals surface area contributed by atoms with Crippen molar-refractivity contribution in [2.45, 2.75) is 103 Å². The number of halogens is 2. The fraction of sp³-hybridized carbons (Fsp3) is 0.710. The number of aryl methyl sites for hydroxylation is 1. The molecule has 1 aromatic rings. The molecule has 194 valence electrons. The molecule has 2 nitrogen and oxygen atoms in total. The second kappa shape index (κ2) is 12.5. The fourth-order valence-corrected chi connectivity index (χ4v) is 7.45. The van der Waals surface area contributed by atoms with Gasteiger partial charge < -0.3 is 4.74 Å². The lowest BCUT2D eigenvalue weighted by molar-refractivity contribution is -0.144. The summed E-state index contributed by atoms with van der Waals surface area (Å²) in [4.78, 5) is 13.1. The van der Waals surface area contributed by atoms with Crippen molar-refractivity contribution in [2.24, 2.45) is 35.5 Å².